The molecule has 0 saturated carbocycles. The summed E-state index contributed by atoms with van der Waals surface area (Å²) >= 11 is 1.29. The predicted molar refractivity (Wildman–Crippen MR) is 71.2 cm³/mol. The number of aromatic carboxylic acids is 1. The number of rotatable bonds is 4. The van der Waals surface area contributed by atoms with Crippen LogP contribution in [0.25, 0.3) is 5.13 Å². The van der Waals surface area contributed by atoms with Gasteiger partial charge in [0.2, 0.25) is 5.13 Å². The van der Waals surface area contributed by atoms with Crippen molar-refractivity contribution in [3.05, 3.63) is 16.4 Å². The first kappa shape index (κ1) is 14.5. The van der Waals surface area contributed by atoms with Gasteiger partial charge in [0.1, 0.15) is 11.6 Å². The van der Waals surface area contributed by atoms with E-state index in [1.165, 1.54) is 16.0 Å². The number of nitrogens with zero attached hydrogens (tertiary/aromatic N) is 5. The Morgan fingerprint density at radius 2 is 2.05 bits per heavy atom. The van der Waals surface area contributed by atoms with Crippen molar-refractivity contribution in [2.75, 3.05) is 7.11 Å². The lowest BCUT2D eigenvalue weighted by Crippen LogP contribution is -2.21. The van der Waals surface area contributed by atoms with Gasteiger partial charge < -0.3 is 9.84 Å². The van der Waals surface area contributed by atoms with E-state index in [9.17, 15) is 9.90 Å². The molecule has 0 aliphatic carbocycles. The second-order valence-electron chi connectivity index (χ2n) is 5.16. The molecule has 0 aromatic carbocycles. The van der Waals surface area contributed by atoms with Gasteiger partial charge in [-0.2, -0.15) is 4.68 Å². The van der Waals surface area contributed by atoms with Crippen molar-refractivity contribution >= 4 is 17.3 Å². The zero-order chi connectivity index (χ0) is 14.9. The molecule has 2 rings (SSSR count). The minimum Gasteiger partial charge on any atom is -0.476 e. The van der Waals surface area contributed by atoms with E-state index in [4.69, 9.17) is 4.74 Å². The zero-order valence-corrected chi connectivity index (χ0v) is 12.4. The minimum absolute atomic E-state index is 0.0685. The summed E-state index contributed by atoms with van der Waals surface area (Å²) in [5.74, 6) is -1.11. The molecule has 8 nitrogen and oxygen atoms in total. The maximum atomic E-state index is 11.3. The highest BCUT2D eigenvalue weighted by atomic mass is 32.1. The monoisotopic (exact) mass is 297 g/mol. The van der Waals surface area contributed by atoms with Gasteiger partial charge in [-0.25, -0.2) is 4.79 Å². The summed E-state index contributed by atoms with van der Waals surface area (Å²) in [5.41, 5.74) is -0.0178. The van der Waals surface area contributed by atoms with Crippen LogP contribution in [0.15, 0.2) is 0 Å². The lowest BCUT2D eigenvalue weighted by Gasteiger charge is -2.18. The lowest BCUT2D eigenvalue weighted by atomic mass is 9.90. The lowest BCUT2D eigenvalue weighted by molar-refractivity contribution is 0.0687. The smallest absolute Gasteiger partial charge is 0.358 e. The van der Waals surface area contributed by atoms with E-state index in [0.717, 1.165) is 0 Å². The molecule has 0 amide bonds. The van der Waals surface area contributed by atoms with Gasteiger partial charge in [0, 0.05) is 12.5 Å². The standard InChI is InChI=1S/C11H15N5O3S/c1-11(2,3)8-7(9(17)18)13-15-16(8)10-14-12-6(20-10)5-19-4/h5H2,1-4H3,(H,17,18). The maximum absolute atomic E-state index is 11.3. The van der Waals surface area contributed by atoms with Crippen molar-refractivity contribution in [1.29, 1.82) is 0 Å². The fourth-order valence-corrected chi connectivity index (χ4v) is 2.51. The first-order valence-electron chi connectivity index (χ1n) is 5.85. The summed E-state index contributed by atoms with van der Waals surface area (Å²) in [4.78, 5) is 11.3. The first-order chi connectivity index (χ1) is 9.34. The molecule has 20 heavy (non-hydrogen) atoms. The van der Waals surface area contributed by atoms with Crippen LogP contribution in [0.2, 0.25) is 0 Å². The number of aromatic nitrogens is 5. The van der Waals surface area contributed by atoms with Crippen LogP contribution in [0.5, 0.6) is 0 Å². The molecule has 0 spiro atoms. The number of carboxylic acids is 1. The molecule has 9 heteroatoms. The Balaban J connectivity index is 2.53. The Morgan fingerprint density at radius 3 is 2.60 bits per heavy atom. The molecule has 0 aliphatic rings. The van der Waals surface area contributed by atoms with E-state index in [-0.39, 0.29) is 5.69 Å². The number of carbonyl (C=O) groups is 1. The highest BCUT2D eigenvalue weighted by molar-refractivity contribution is 7.13. The summed E-state index contributed by atoms with van der Waals surface area (Å²) in [6, 6.07) is 0. The Hall–Kier alpha value is -1.87. The third kappa shape index (κ3) is 2.68. The number of methoxy groups -OCH3 is 1. The largest absolute Gasteiger partial charge is 0.476 e. The van der Waals surface area contributed by atoms with Crippen LogP contribution in [0.1, 0.15) is 42.0 Å². The van der Waals surface area contributed by atoms with Crippen molar-refractivity contribution in [2.24, 2.45) is 0 Å². The molecule has 0 fully saturated rings. The minimum atomic E-state index is -1.11. The Bertz CT molecular complexity index is 628. The Morgan fingerprint density at radius 1 is 1.35 bits per heavy atom. The first-order valence-corrected chi connectivity index (χ1v) is 6.67. The van der Waals surface area contributed by atoms with Gasteiger partial charge in [-0.05, 0) is 0 Å². The second-order valence-corrected chi connectivity index (χ2v) is 6.21. The molecule has 2 heterocycles. The van der Waals surface area contributed by atoms with Crippen molar-refractivity contribution in [3.63, 3.8) is 0 Å². The van der Waals surface area contributed by atoms with Gasteiger partial charge in [0.25, 0.3) is 0 Å². The molecular formula is C11H15N5O3S. The number of ether oxygens (including phenoxy) is 1. The van der Waals surface area contributed by atoms with Gasteiger partial charge in [-0.3, -0.25) is 0 Å². The van der Waals surface area contributed by atoms with Crippen LogP contribution in [0.3, 0.4) is 0 Å². The van der Waals surface area contributed by atoms with Crippen LogP contribution in [-0.2, 0) is 16.8 Å². The van der Waals surface area contributed by atoms with Crippen LogP contribution in [0.4, 0.5) is 0 Å². The quantitative estimate of drug-likeness (QED) is 0.906. The van der Waals surface area contributed by atoms with Crippen molar-refractivity contribution in [2.45, 2.75) is 32.8 Å². The van der Waals surface area contributed by atoms with Crippen LogP contribution < -0.4 is 0 Å². The normalized spacial score (nSPS) is 11.8. The van der Waals surface area contributed by atoms with E-state index >= 15 is 0 Å². The molecule has 0 radical (unpaired) electrons. The Labute approximate surface area is 119 Å². The van der Waals surface area contributed by atoms with E-state index in [1.807, 2.05) is 20.8 Å². The van der Waals surface area contributed by atoms with Crippen LogP contribution in [-0.4, -0.2) is 43.4 Å². The zero-order valence-electron chi connectivity index (χ0n) is 11.6. The molecule has 0 atom stereocenters. The SMILES string of the molecule is COCc1nnc(-n2nnc(C(=O)O)c2C(C)(C)C)s1. The highest BCUT2D eigenvalue weighted by Gasteiger charge is 2.30. The van der Waals surface area contributed by atoms with Crippen molar-refractivity contribution in [3.8, 4) is 5.13 Å². The molecule has 1 N–H and O–H groups in total. The number of hydrogen-bond acceptors (Lipinski definition) is 7. The molecule has 108 valence electrons. The average molecular weight is 297 g/mol. The van der Waals surface area contributed by atoms with E-state index in [2.05, 4.69) is 20.5 Å². The van der Waals surface area contributed by atoms with Gasteiger partial charge in [-0.1, -0.05) is 37.3 Å². The van der Waals surface area contributed by atoms with Crippen LogP contribution >= 0.6 is 11.3 Å². The summed E-state index contributed by atoms with van der Waals surface area (Å²) in [6.45, 7) is 6.03. The predicted octanol–water partition coefficient (Wildman–Crippen LogP) is 1.26. The maximum Gasteiger partial charge on any atom is 0.358 e. The topological polar surface area (TPSA) is 103 Å². The van der Waals surface area contributed by atoms with E-state index < -0.39 is 11.4 Å². The highest BCUT2D eigenvalue weighted by Crippen LogP contribution is 2.28. The summed E-state index contributed by atoms with van der Waals surface area (Å²) < 4.78 is 6.42. The third-order valence-electron chi connectivity index (χ3n) is 2.49. The van der Waals surface area contributed by atoms with Crippen LogP contribution in [0, 0.1) is 0 Å². The van der Waals surface area contributed by atoms with Crippen molar-refractivity contribution in [1.82, 2.24) is 25.2 Å². The summed E-state index contributed by atoms with van der Waals surface area (Å²) in [7, 11) is 1.57. The van der Waals surface area contributed by atoms with Crippen molar-refractivity contribution < 1.29 is 14.6 Å². The van der Waals surface area contributed by atoms with Gasteiger partial charge in [0.15, 0.2) is 5.69 Å². The number of hydrogen-bond donors (Lipinski definition) is 1. The molecular weight excluding hydrogens is 282 g/mol. The fourth-order valence-electron chi connectivity index (χ4n) is 1.74. The molecule has 0 aliphatic heterocycles. The summed E-state index contributed by atoms with van der Waals surface area (Å²) in [5, 5.41) is 26.0. The van der Waals surface area contributed by atoms with Gasteiger partial charge in [-0.15, -0.1) is 15.3 Å². The summed E-state index contributed by atoms with van der Waals surface area (Å²) in [6.07, 6.45) is 0. The van der Waals surface area contributed by atoms with Gasteiger partial charge in [0.05, 0.1) is 5.69 Å². The second kappa shape index (κ2) is 5.25. The molecule has 0 unspecified atom stereocenters. The fraction of sp³-hybridized carbons (Fsp3) is 0.545. The van der Waals surface area contributed by atoms with E-state index in [1.54, 1.807) is 7.11 Å². The Kier molecular flexibility index (Phi) is 3.82. The molecule has 0 bridgehead atoms. The molecule has 2 aromatic heterocycles. The van der Waals surface area contributed by atoms with Gasteiger partial charge >= 0.3 is 5.97 Å². The third-order valence-corrected chi connectivity index (χ3v) is 3.36. The van der Waals surface area contributed by atoms with E-state index in [0.29, 0.717) is 22.4 Å². The number of carboxylic acid groups (broad SMARTS) is 1. The molecule has 0 saturated heterocycles. The molecule has 2 aromatic rings. The average Bonchev–Trinajstić information content (AvgIpc) is 2.92.